The molecule has 0 atom stereocenters. The average molecular weight is 290 g/mol. The third kappa shape index (κ3) is 5.57. The van der Waals surface area contributed by atoms with Gasteiger partial charge in [0, 0.05) is 5.56 Å². The van der Waals surface area contributed by atoms with Crippen LogP contribution >= 0.6 is 11.6 Å². The first-order valence-corrected chi connectivity index (χ1v) is 7.15. The number of anilines is 2. The summed E-state index contributed by atoms with van der Waals surface area (Å²) in [5.41, 5.74) is 18.2. The number of rotatable bonds is 0. The van der Waals surface area contributed by atoms with Crippen molar-refractivity contribution >= 4 is 23.0 Å². The summed E-state index contributed by atoms with van der Waals surface area (Å²) >= 11 is 5.89. The van der Waals surface area contributed by atoms with Crippen LogP contribution in [0.5, 0.6) is 5.75 Å². The van der Waals surface area contributed by atoms with Crippen molar-refractivity contribution in [1.29, 1.82) is 0 Å². The van der Waals surface area contributed by atoms with Crippen LogP contribution in [0.1, 0.15) is 39.7 Å². The Hall–Kier alpha value is -1.13. The van der Waals surface area contributed by atoms with Gasteiger partial charge in [-0.2, -0.15) is 0 Å². The predicted molar refractivity (Wildman–Crippen MR) is 86.9 cm³/mol. The Morgan fingerprint density at radius 3 is 2.16 bits per heavy atom. The number of fused-ring (bicyclic) bond motifs is 1. The molecule has 1 aliphatic rings. The van der Waals surface area contributed by atoms with Gasteiger partial charge in [0.25, 0.3) is 0 Å². The van der Waals surface area contributed by atoms with Crippen LogP contribution in [-0.4, -0.2) is 13.7 Å². The fourth-order valence-corrected chi connectivity index (χ4v) is 1.79. The van der Waals surface area contributed by atoms with E-state index in [1.54, 1.807) is 6.07 Å². The van der Waals surface area contributed by atoms with Gasteiger partial charge in [-0.05, 0) is 26.0 Å². The lowest BCUT2D eigenvalue weighted by Gasteiger charge is -2.21. The highest BCUT2D eigenvalue weighted by Gasteiger charge is 2.18. The van der Waals surface area contributed by atoms with Crippen LogP contribution in [0.4, 0.5) is 11.4 Å². The molecule has 2 rings (SSSR count). The van der Waals surface area contributed by atoms with E-state index < -0.39 is 0 Å². The summed E-state index contributed by atoms with van der Waals surface area (Å²) in [4.78, 5) is 0. The molecular formula is C14H28ClN3O. The summed E-state index contributed by atoms with van der Waals surface area (Å²) in [6.45, 7) is 8.71. The Labute approximate surface area is 122 Å². The van der Waals surface area contributed by atoms with Crippen LogP contribution in [-0.2, 0) is 6.42 Å². The van der Waals surface area contributed by atoms with Gasteiger partial charge in [-0.1, -0.05) is 39.3 Å². The lowest BCUT2D eigenvalue weighted by Crippen LogP contribution is -2.12. The molecule has 0 fully saturated rings. The molecule has 0 unspecified atom stereocenters. The molecule has 6 N–H and O–H groups in total. The van der Waals surface area contributed by atoms with Crippen molar-refractivity contribution in [2.45, 2.75) is 40.5 Å². The molecule has 1 heterocycles. The minimum atomic E-state index is 0.516. The fraction of sp³-hybridized carbons (Fsp3) is 0.571. The molecule has 112 valence electrons. The number of hydrogen-bond donors (Lipinski definition) is 3. The molecule has 5 heteroatoms. The largest absolute Gasteiger partial charge is 0.491 e. The second kappa shape index (κ2) is 11.9. The third-order valence-electron chi connectivity index (χ3n) is 2.22. The lowest BCUT2D eigenvalue weighted by atomic mass is 10.0. The van der Waals surface area contributed by atoms with Crippen LogP contribution < -0.4 is 21.9 Å². The van der Waals surface area contributed by atoms with Crippen molar-refractivity contribution in [3.63, 3.8) is 0 Å². The first-order chi connectivity index (χ1) is 9.20. The highest BCUT2D eigenvalue weighted by Crippen LogP contribution is 2.39. The van der Waals surface area contributed by atoms with Crippen molar-refractivity contribution in [2.24, 2.45) is 5.73 Å². The topological polar surface area (TPSA) is 87.3 Å². The second-order valence-electron chi connectivity index (χ2n) is 3.12. The van der Waals surface area contributed by atoms with Crippen LogP contribution in [0.25, 0.3) is 0 Å². The summed E-state index contributed by atoms with van der Waals surface area (Å²) in [5, 5.41) is 0.516. The molecule has 4 nitrogen and oxygen atoms in total. The Morgan fingerprint density at radius 2 is 1.63 bits per heavy atom. The normalized spacial score (nSPS) is 11.1. The van der Waals surface area contributed by atoms with E-state index in [0.717, 1.165) is 18.4 Å². The molecule has 0 saturated heterocycles. The van der Waals surface area contributed by atoms with E-state index >= 15 is 0 Å². The molecule has 0 radical (unpaired) electrons. The van der Waals surface area contributed by atoms with E-state index in [4.69, 9.17) is 27.8 Å². The Balaban J connectivity index is 0. The van der Waals surface area contributed by atoms with Gasteiger partial charge in [-0.25, -0.2) is 0 Å². The summed E-state index contributed by atoms with van der Waals surface area (Å²) in [7, 11) is 1.50. The van der Waals surface area contributed by atoms with Crippen LogP contribution in [0.15, 0.2) is 6.07 Å². The molecule has 0 spiro atoms. The van der Waals surface area contributed by atoms with Gasteiger partial charge in [-0.3, -0.25) is 0 Å². The predicted octanol–water partition coefficient (Wildman–Crippen LogP) is 3.46. The van der Waals surface area contributed by atoms with Crippen LogP contribution in [0, 0.1) is 0 Å². The monoisotopic (exact) mass is 289 g/mol. The molecule has 0 aromatic heterocycles. The minimum absolute atomic E-state index is 0.516. The quantitative estimate of drug-likeness (QED) is 0.638. The molecule has 0 amide bonds. The Kier molecular flexibility index (Phi) is 12.7. The molecule has 19 heavy (non-hydrogen) atoms. The standard InChI is InChI=1S/C9H11ClN2O.2C2H6.CH5N/c10-6-4-7(11)9-5(8(6)12)2-1-3-13-9;3*1-2/h4H,1-3,11-12H2;2*1-2H3;2H2,1H3. The molecule has 0 bridgehead atoms. The van der Waals surface area contributed by atoms with Crippen molar-refractivity contribution < 1.29 is 4.74 Å². The number of halogens is 1. The van der Waals surface area contributed by atoms with E-state index in [9.17, 15) is 0 Å². The first-order valence-electron chi connectivity index (χ1n) is 6.77. The third-order valence-corrected chi connectivity index (χ3v) is 2.53. The van der Waals surface area contributed by atoms with Crippen LogP contribution in [0.3, 0.4) is 0 Å². The zero-order valence-corrected chi connectivity index (χ0v) is 13.5. The van der Waals surface area contributed by atoms with Gasteiger partial charge in [0.1, 0.15) is 5.75 Å². The summed E-state index contributed by atoms with van der Waals surface area (Å²) in [6.07, 6.45) is 1.86. The first kappa shape index (κ1) is 20.2. The molecule has 1 aliphatic heterocycles. The van der Waals surface area contributed by atoms with Crippen molar-refractivity contribution in [1.82, 2.24) is 0 Å². The zero-order chi connectivity index (χ0) is 15.4. The van der Waals surface area contributed by atoms with E-state index in [1.807, 2.05) is 27.7 Å². The van der Waals surface area contributed by atoms with E-state index in [0.29, 0.717) is 28.8 Å². The molecule has 1 aromatic carbocycles. The SMILES string of the molecule is CC.CC.CN.Nc1cc(Cl)c(N)c2c1OCCC2. The van der Waals surface area contributed by atoms with Gasteiger partial charge in [0.15, 0.2) is 0 Å². The van der Waals surface area contributed by atoms with E-state index in [2.05, 4.69) is 5.73 Å². The van der Waals surface area contributed by atoms with Crippen molar-refractivity contribution in [3.05, 3.63) is 16.7 Å². The second-order valence-corrected chi connectivity index (χ2v) is 3.53. The molecule has 0 aliphatic carbocycles. The average Bonchev–Trinajstić information content (AvgIpc) is 2.51. The molecular weight excluding hydrogens is 262 g/mol. The Bertz CT molecular complexity index is 357. The van der Waals surface area contributed by atoms with Crippen LogP contribution in [0.2, 0.25) is 5.02 Å². The molecule has 0 saturated carbocycles. The lowest BCUT2D eigenvalue weighted by molar-refractivity contribution is 0.290. The number of nitrogen functional groups attached to an aromatic ring is 2. The van der Waals surface area contributed by atoms with Gasteiger partial charge in [-0.15, -0.1) is 0 Å². The van der Waals surface area contributed by atoms with Gasteiger partial charge in [0.2, 0.25) is 0 Å². The van der Waals surface area contributed by atoms with Crippen molar-refractivity contribution in [3.8, 4) is 5.75 Å². The van der Waals surface area contributed by atoms with Gasteiger partial charge < -0.3 is 21.9 Å². The maximum absolute atomic E-state index is 5.89. The maximum Gasteiger partial charge on any atom is 0.147 e. The smallest absolute Gasteiger partial charge is 0.147 e. The van der Waals surface area contributed by atoms with Gasteiger partial charge in [0.05, 0.1) is 23.0 Å². The van der Waals surface area contributed by atoms with Gasteiger partial charge >= 0.3 is 0 Å². The number of ether oxygens (including phenoxy) is 1. The summed E-state index contributed by atoms with van der Waals surface area (Å²) in [6, 6.07) is 1.64. The highest BCUT2D eigenvalue weighted by molar-refractivity contribution is 6.33. The van der Waals surface area contributed by atoms with E-state index in [1.165, 1.54) is 7.05 Å². The highest BCUT2D eigenvalue weighted by atomic mass is 35.5. The number of nitrogens with two attached hydrogens (primary N) is 3. The summed E-state index contributed by atoms with van der Waals surface area (Å²) in [5.74, 6) is 0.716. The van der Waals surface area contributed by atoms with E-state index in [-0.39, 0.29) is 0 Å². The molecule has 1 aromatic rings. The maximum atomic E-state index is 5.89. The minimum Gasteiger partial charge on any atom is -0.491 e. The summed E-state index contributed by atoms with van der Waals surface area (Å²) < 4.78 is 5.43. The zero-order valence-electron chi connectivity index (χ0n) is 12.7. The fourth-order valence-electron chi connectivity index (χ4n) is 1.56. The number of hydrogen-bond acceptors (Lipinski definition) is 4. The van der Waals surface area contributed by atoms with Crippen molar-refractivity contribution in [2.75, 3.05) is 25.1 Å². The number of benzene rings is 1. The Morgan fingerprint density at radius 1 is 1.11 bits per heavy atom.